The van der Waals surface area contributed by atoms with Gasteiger partial charge in [-0.1, -0.05) is 12.1 Å². The molecule has 0 fully saturated rings. The van der Waals surface area contributed by atoms with E-state index in [0.717, 1.165) is 6.42 Å². The summed E-state index contributed by atoms with van der Waals surface area (Å²) in [6.07, 6.45) is 2.63. The first kappa shape index (κ1) is 13.6. The first-order valence-corrected chi connectivity index (χ1v) is 6.46. The molecule has 0 aliphatic rings. The molecule has 0 saturated heterocycles. The Kier molecular flexibility index (Phi) is 4.21. The van der Waals surface area contributed by atoms with Crippen LogP contribution in [0.15, 0.2) is 16.8 Å². The lowest BCUT2D eigenvalue weighted by atomic mass is 9.98. The van der Waals surface area contributed by atoms with Crippen molar-refractivity contribution in [2.24, 2.45) is 0 Å². The Bertz CT molecular complexity index is 539. The fraction of sp³-hybridized carbons (Fsp3) is 0.538. The summed E-state index contributed by atoms with van der Waals surface area (Å²) in [4.78, 5) is 12.8. The third-order valence-corrected chi connectivity index (χ3v) is 3.26. The van der Waals surface area contributed by atoms with Gasteiger partial charge in [0, 0.05) is 12.2 Å². The van der Waals surface area contributed by atoms with E-state index in [1.54, 1.807) is 12.3 Å². The summed E-state index contributed by atoms with van der Waals surface area (Å²) in [5.41, 5.74) is 0.689. The normalized spacial score (nSPS) is 14.3. The molecule has 102 valence electrons. The molecule has 19 heavy (non-hydrogen) atoms. The predicted molar refractivity (Wildman–Crippen MR) is 71.6 cm³/mol. The lowest BCUT2D eigenvalue weighted by molar-refractivity contribution is 0.322. The quantitative estimate of drug-likeness (QED) is 0.886. The molecule has 0 spiro atoms. The number of hydrogen-bond donors (Lipinski definition) is 1. The third kappa shape index (κ3) is 2.96. The van der Waals surface area contributed by atoms with Crippen LogP contribution in [0.1, 0.15) is 37.9 Å². The Hall–Kier alpha value is -1.82. The van der Waals surface area contributed by atoms with Crippen molar-refractivity contribution < 1.29 is 4.52 Å². The lowest BCUT2D eigenvalue weighted by Crippen LogP contribution is -2.28. The number of nitrogens with zero attached hydrogens (tertiary/aromatic N) is 4. The van der Waals surface area contributed by atoms with Crippen LogP contribution in [0, 0.1) is 6.92 Å². The van der Waals surface area contributed by atoms with Crippen LogP contribution in [-0.2, 0) is 0 Å². The first-order valence-electron chi connectivity index (χ1n) is 6.46. The highest BCUT2D eigenvalue weighted by molar-refractivity contribution is 5.47. The van der Waals surface area contributed by atoms with Gasteiger partial charge in [-0.25, -0.2) is 9.97 Å². The van der Waals surface area contributed by atoms with Crippen LogP contribution in [0.5, 0.6) is 0 Å². The second-order valence-electron chi connectivity index (χ2n) is 4.54. The summed E-state index contributed by atoms with van der Waals surface area (Å²) in [6.45, 7) is 6.05. The van der Waals surface area contributed by atoms with Gasteiger partial charge in [0.25, 0.3) is 0 Å². The minimum absolute atomic E-state index is 0.203. The summed E-state index contributed by atoms with van der Waals surface area (Å²) >= 11 is 0. The number of aryl methyl sites for hydroxylation is 1. The maximum Gasteiger partial charge on any atom is 0.231 e. The van der Waals surface area contributed by atoms with E-state index in [9.17, 15) is 0 Å². The van der Waals surface area contributed by atoms with Gasteiger partial charge in [-0.2, -0.15) is 4.98 Å². The van der Waals surface area contributed by atoms with Crippen LogP contribution in [0.2, 0.25) is 0 Å². The molecule has 2 aromatic rings. The van der Waals surface area contributed by atoms with E-state index in [1.165, 1.54) is 0 Å². The molecule has 2 aromatic heterocycles. The van der Waals surface area contributed by atoms with E-state index in [4.69, 9.17) is 4.52 Å². The van der Waals surface area contributed by atoms with Crippen molar-refractivity contribution in [3.05, 3.63) is 24.0 Å². The fourth-order valence-electron chi connectivity index (χ4n) is 2.01. The van der Waals surface area contributed by atoms with Gasteiger partial charge in [-0.3, -0.25) is 0 Å². The Morgan fingerprint density at radius 2 is 2.16 bits per heavy atom. The van der Waals surface area contributed by atoms with Crippen LogP contribution in [0.4, 0.5) is 0 Å². The van der Waals surface area contributed by atoms with Gasteiger partial charge in [0.05, 0.1) is 5.92 Å². The summed E-state index contributed by atoms with van der Waals surface area (Å²) in [7, 11) is 1.93. The topological polar surface area (TPSA) is 76.7 Å². The van der Waals surface area contributed by atoms with Gasteiger partial charge in [0.1, 0.15) is 11.5 Å². The molecule has 0 aliphatic carbocycles. The van der Waals surface area contributed by atoms with Crippen molar-refractivity contribution in [3.8, 4) is 11.5 Å². The van der Waals surface area contributed by atoms with Crippen molar-refractivity contribution >= 4 is 0 Å². The van der Waals surface area contributed by atoms with Crippen molar-refractivity contribution in [1.29, 1.82) is 0 Å². The van der Waals surface area contributed by atoms with E-state index >= 15 is 0 Å². The molecule has 6 heteroatoms. The molecule has 0 radical (unpaired) electrons. The molecule has 0 aliphatic heterocycles. The Balaban J connectivity index is 2.28. The minimum atomic E-state index is 0.203. The smallest absolute Gasteiger partial charge is 0.231 e. The monoisotopic (exact) mass is 261 g/mol. The van der Waals surface area contributed by atoms with Gasteiger partial charge >= 0.3 is 0 Å². The molecule has 0 aromatic carbocycles. The van der Waals surface area contributed by atoms with Crippen molar-refractivity contribution in [3.63, 3.8) is 0 Å². The summed E-state index contributed by atoms with van der Waals surface area (Å²) in [5.74, 6) is 2.06. The molecule has 0 amide bonds. The third-order valence-electron chi connectivity index (χ3n) is 3.26. The molecule has 0 saturated carbocycles. The van der Waals surface area contributed by atoms with Crippen LogP contribution >= 0.6 is 0 Å². The molecule has 1 N–H and O–H groups in total. The largest absolute Gasteiger partial charge is 0.339 e. The average molecular weight is 261 g/mol. The van der Waals surface area contributed by atoms with Gasteiger partial charge in [0.15, 0.2) is 0 Å². The summed E-state index contributed by atoms with van der Waals surface area (Å²) < 4.78 is 5.37. The molecule has 2 rings (SSSR count). The Labute approximate surface area is 112 Å². The highest BCUT2D eigenvalue weighted by Gasteiger charge is 2.23. The zero-order chi connectivity index (χ0) is 13.8. The maximum absolute atomic E-state index is 5.37. The van der Waals surface area contributed by atoms with Crippen molar-refractivity contribution in [2.45, 2.75) is 39.2 Å². The van der Waals surface area contributed by atoms with Gasteiger partial charge in [-0.15, -0.1) is 0 Å². The number of nitrogens with one attached hydrogen (secondary N) is 1. The fourth-order valence-corrected chi connectivity index (χ4v) is 2.01. The van der Waals surface area contributed by atoms with Crippen LogP contribution in [0.25, 0.3) is 11.5 Å². The van der Waals surface area contributed by atoms with Gasteiger partial charge in [-0.05, 0) is 33.4 Å². The van der Waals surface area contributed by atoms with Crippen molar-refractivity contribution in [1.82, 2.24) is 25.4 Å². The molecular weight excluding hydrogens is 242 g/mol. The van der Waals surface area contributed by atoms with E-state index in [-0.39, 0.29) is 12.0 Å². The highest BCUT2D eigenvalue weighted by Crippen LogP contribution is 2.23. The van der Waals surface area contributed by atoms with Crippen molar-refractivity contribution in [2.75, 3.05) is 7.05 Å². The number of aromatic nitrogens is 4. The number of hydrogen-bond acceptors (Lipinski definition) is 6. The van der Waals surface area contributed by atoms with E-state index in [1.807, 2.05) is 14.0 Å². The molecule has 6 nitrogen and oxygen atoms in total. The Morgan fingerprint density at radius 1 is 1.37 bits per heavy atom. The molecular formula is C13H19N5O. The molecule has 2 heterocycles. The van der Waals surface area contributed by atoms with E-state index in [2.05, 4.69) is 39.3 Å². The lowest BCUT2D eigenvalue weighted by Gasteiger charge is -2.17. The van der Waals surface area contributed by atoms with Crippen LogP contribution in [-0.4, -0.2) is 33.2 Å². The first-order chi connectivity index (χ1) is 9.15. The number of likely N-dealkylation sites (N-methyl/N-ethyl adjacent to an activating group) is 1. The van der Waals surface area contributed by atoms with E-state index in [0.29, 0.717) is 23.2 Å². The van der Waals surface area contributed by atoms with Gasteiger partial charge < -0.3 is 9.84 Å². The minimum Gasteiger partial charge on any atom is -0.339 e. The average Bonchev–Trinajstić information content (AvgIpc) is 2.89. The van der Waals surface area contributed by atoms with Gasteiger partial charge in [0.2, 0.25) is 11.7 Å². The zero-order valence-electron chi connectivity index (χ0n) is 11.7. The molecule has 0 bridgehead atoms. The second kappa shape index (κ2) is 5.88. The predicted octanol–water partition coefficient (Wildman–Crippen LogP) is 1.94. The SMILES string of the molecule is CCC(c1nc(-c2ccnc(C)n2)no1)C(C)NC. The molecule has 2 atom stereocenters. The second-order valence-corrected chi connectivity index (χ2v) is 4.54. The standard InChI is InChI=1S/C13H19N5O/c1-5-10(8(2)14-4)13-17-12(18-19-13)11-6-7-15-9(3)16-11/h6-8,10,14H,5H2,1-4H3. The summed E-state index contributed by atoms with van der Waals surface area (Å²) in [5, 5.41) is 7.23. The van der Waals surface area contributed by atoms with Crippen LogP contribution < -0.4 is 5.32 Å². The zero-order valence-corrected chi connectivity index (χ0v) is 11.7. The number of rotatable bonds is 5. The Morgan fingerprint density at radius 3 is 2.79 bits per heavy atom. The summed E-state index contributed by atoms with van der Waals surface area (Å²) in [6, 6.07) is 2.06. The highest BCUT2D eigenvalue weighted by atomic mass is 16.5. The van der Waals surface area contributed by atoms with Crippen LogP contribution in [0.3, 0.4) is 0 Å². The molecule has 2 unspecified atom stereocenters. The van der Waals surface area contributed by atoms with E-state index < -0.39 is 0 Å². The maximum atomic E-state index is 5.37.